The third-order valence-electron chi connectivity index (χ3n) is 4.78. The van der Waals surface area contributed by atoms with E-state index >= 15 is 0 Å². The van der Waals surface area contributed by atoms with Crippen molar-refractivity contribution in [3.05, 3.63) is 78.5 Å². The quantitative estimate of drug-likeness (QED) is 0.682. The summed E-state index contributed by atoms with van der Waals surface area (Å²) in [6, 6.07) is 20.3. The fraction of sp³-hybridized carbons (Fsp3) is 0.182. The summed E-state index contributed by atoms with van der Waals surface area (Å²) in [5.74, 6) is 0.0608. The summed E-state index contributed by atoms with van der Waals surface area (Å²) in [5, 5.41) is 1.08. The van der Waals surface area contributed by atoms with Gasteiger partial charge in [0.15, 0.2) is 0 Å². The molecule has 0 N–H and O–H groups in total. The molecule has 4 nitrogen and oxygen atoms in total. The van der Waals surface area contributed by atoms with Gasteiger partial charge in [0, 0.05) is 55.1 Å². The molecule has 1 aliphatic heterocycles. The lowest BCUT2D eigenvalue weighted by Gasteiger charge is -2.35. The first-order valence-electron chi connectivity index (χ1n) is 8.92. The highest BCUT2D eigenvalue weighted by Gasteiger charge is 2.19. The molecule has 1 amide bonds. The zero-order valence-corrected chi connectivity index (χ0v) is 14.6. The average Bonchev–Trinajstić information content (AvgIpc) is 2.73. The number of aromatic nitrogens is 1. The lowest BCUT2D eigenvalue weighted by Crippen LogP contribution is -2.48. The van der Waals surface area contributed by atoms with Gasteiger partial charge in [0.25, 0.3) is 0 Å². The van der Waals surface area contributed by atoms with E-state index in [4.69, 9.17) is 0 Å². The number of anilines is 1. The van der Waals surface area contributed by atoms with E-state index in [9.17, 15) is 4.79 Å². The Kier molecular flexibility index (Phi) is 4.65. The van der Waals surface area contributed by atoms with Crippen molar-refractivity contribution in [1.29, 1.82) is 0 Å². The molecule has 4 rings (SSSR count). The molecule has 0 unspecified atom stereocenters. The van der Waals surface area contributed by atoms with Gasteiger partial charge in [0.05, 0.1) is 5.52 Å². The number of rotatable bonds is 3. The van der Waals surface area contributed by atoms with Crippen molar-refractivity contribution in [2.45, 2.75) is 0 Å². The van der Waals surface area contributed by atoms with Crippen LogP contribution in [0.2, 0.25) is 0 Å². The summed E-state index contributed by atoms with van der Waals surface area (Å²) < 4.78 is 0. The van der Waals surface area contributed by atoms with Crippen LogP contribution in [0.3, 0.4) is 0 Å². The van der Waals surface area contributed by atoms with Crippen LogP contribution in [0.4, 0.5) is 5.69 Å². The van der Waals surface area contributed by atoms with Crippen molar-refractivity contribution < 1.29 is 4.79 Å². The first-order chi connectivity index (χ1) is 12.8. The molecule has 0 aliphatic carbocycles. The Morgan fingerprint density at radius 1 is 0.885 bits per heavy atom. The Bertz CT molecular complexity index is 923. The maximum Gasteiger partial charge on any atom is 0.246 e. The lowest BCUT2D eigenvalue weighted by molar-refractivity contribution is -0.126. The Labute approximate surface area is 153 Å². The number of fused-ring (bicyclic) bond motifs is 1. The zero-order chi connectivity index (χ0) is 17.8. The fourth-order valence-electron chi connectivity index (χ4n) is 3.35. The molecule has 26 heavy (non-hydrogen) atoms. The van der Waals surface area contributed by atoms with Gasteiger partial charge in [-0.3, -0.25) is 9.78 Å². The third kappa shape index (κ3) is 3.45. The molecule has 0 saturated carbocycles. The topological polar surface area (TPSA) is 36.4 Å². The van der Waals surface area contributed by atoms with Crippen molar-refractivity contribution in [3.8, 4) is 0 Å². The number of carbonyl (C=O) groups excluding carboxylic acids is 1. The van der Waals surface area contributed by atoms with E-state index in [1.165, 1.54) is 5.69 Å². The maximum atomic E-state index is 12.6. The minimum atomic E-state index is 0.0608. The number of benzene rings is 2. The zero-order valence-electron chi connectivity index (χ0n) is 14.6. The normalized spacial score (nSPS) is 14.9. The molecule has 4 heteroatoms. The molecule has 0 spiro atoms. The van der Waals surface area contributed by atoms with Crippen molar-refractivity contribution in [3.63, 3.8) is 0 Å². The predicted molar refractivity (Wildman–Crippen MR) is 106 cm³/mol. The number of hydrogen-bond acceptors (Lipinski definition) is 3. The predicted octanol–water partition coefficient (Wildman–Crippen LogP) is 3.60. The van der Waals surface area contributed by atoms with Gasteiger partial charge in [-0.15, -0.1) is 0 Å². The van der Waals surface area contributed by atoms with E-state index in [-0.39, 0.29) is 5.91 Å². The number of nitrogens with zero attached hydrogens (tertiary/aromatic N) is 3. The number of carbonyl (C=O) groups is 1. The van der Waals surface area contributed by atoms with Gasteiger partial charge >= 0.3 is 0 Å². The summed E-state index contributed by atoms with van der Waals surface area (Å²) in [6.07, 6.45) is 5.33. The molecule has 2 aromatic carbocycles. The largest absolute Gasteiger partial charge is 0.368 e. The van der Waals surface area contributed by atoms with Gasteiger partial charge in [0.2, 0.25) is 5.91 Å². The SMILES string of the molecule is O=C(/C=C/c1cccc2cccnc12)N1CCN(c2ccccc2)CC1. The summed E-state index contributed by atoms with van der Waals surface area (Å²) in [7, 11) is 0. The molecule has 1 fully saturated rings. The highest BCUT2D eigenvalue weighted by atomic mass is 16.2. The van der Waals surface area contributed by atoms with Crippen molar-refractivity contribution in [1.82, 2.24) is 9.88 Å². The van der Waals surface area contributed by atoms with Crippen LogP contribution in [0.1, 0.15) is 5.56 Å². The molecule has 2 heterocycles. The smallest absolute Gasteiger partial charge is 0.246 e. The van der Waals surface area contributed by atoms with Crippen LogP contribution < -0.4 is 4.90 Å². The molecule has 0 radical (unpaired) electrons. The molecular weight excluding hydrogens is 322 g/mol. The van der Waals surface area contributed by atoms with E-state index in [0.717, 1.165) is 42.6 Å². The van der Waals surface area contributed by atoms with Gasteiger partial charge in [0.1, 0.15) is 0 Å². The number of hydrogen-bond donors (Lipinski definition) is 0. The number of para-hydroxylation sites is 2. The molecule has 1 saturated heterocycles. The first-order valence-corrected chi connectivity index (χ1v) is 8.92. The monoisotopic (exact) mass is 343 g/mol. The Morgan fingerprint density at radius 2 is 1.65 bits per heavy atom. The van der Waals surface area contributed by atoms with E-state index < -0.39 is 0 Å². The molecule has 0 bridgehead atoms. The first kappa shape index (κ1) is 16.3. The summed E-state index contributed by atoms with van der Waals surface area (Å²) in [5.41, 5.74) is 3.12. The highest BCUT2D eigenvalue weighted by molar-refractivity contribution is 5.95. The van der Waals surface area contributed by atoms with Gasteiger partial charge in [-0.1, -0.05) is 42.5 Å². The fourth-order valence-corrected chi connectivity index (χ4v) is 3.35. The van der Waals surface area contributed by atoms with Crippen LogP contribution in [-0.2, 0) is 4.79 Å². The maximum absolute atomic E-state index is 12.6. The van der Waals surface area contributed by atoms with Crippen molar-refractivity contribution >= 4 is 28.6 Å². The third-order valence-corrected chi connectivity index (χ3v) is 4.78. The standard InChI is InChI=1S/C22H21N3O/c26-21(12-11-19-7-4-6-18-8-5-13-23-22(18)19)25-16-14-24(15-17-25)20-9-2-1-3-10-20/h1-13H,14-17H2/b12-11+. The van der Waals surface area contributed by atoms with Crippen LogP contribution in [0, 0.1) is 0 Å². The van der Waals surface area contributed by atoms with Crippen molar-refractivity contribution in [2.75, 3.05) is 31.1 Å². The van der Waals surface area contributed by atoms with Gasteiger partial charge in [-0.05, 0) is 24.3 Å². The number of amides is 1. The van der Waals surface area contributed by atoms with Crippen LogP contribution in [0.15, 0.2) is 72.9 Å². The number of pyridine rings is 1. The molecule has 130 valence electrons. The Morgan fingerprint density at radius 3 is 2.46 bits per heavy atom. The minimum Gasteiger partial charge on any atom is -0.368 e. The Hall–Kier alpha value is -3.14. The van der Waals surface area contributed by atoms with Gasteiger partial charge < -0.3 is 9.80 Å². The van der Waals surface area contributed by atoms with E-state index in [1.54, 1.807) is 12.3 Å². The Balaban J connectivity index is 1.42. The minimum absolute atomic E-state index is 0.0608. The molecular formula is C22H21N3O. The van der Waals surface area contributed by atoms with E-state index in [1.807, 2.05) is 59.5 Å². The van der Waals surface area contributed by atoms with Crippen LogP contribution in [0.25, 0.3) is 17.0 Å². The van der Waals surface area contributed by atoms with Crippen LogP contribution in [0.5, 0.6) is 0 Å². The summed E-state index contributed by atoms with van der Waals surface area (Å²) in [4.78, 5) is 21.2. The molecule has 3 aromatic rings. The second-order valence-electron chi connectivity index (χ2n) is 6.40. The molecule has 0 atom stereocenters. The summed E-state index contributed by atoms with van der Waals surface area (Å²) in [6.45, 7) is 3.20. The number of piperazine rings is 1. The average molecular weight is 343 g/mol. The lowest BCUT2D eigenvalue weighted by atomic mass is 10.1. The van der Waals surface area contributed by atoms with Crippen LogP contribution >= 0.6 is 0 Å². The molecule has 1 aromatic heterocycles. The van der Waals surface area contributed by atoms with Gasteiger partial charge in [-0.25, -0.2) is 0 Å². The van der Waals surface area contributed by atoms with Gasteiger partial charge in [-0.2, -0.15) is 0 Å². The highest BCUT2D eigenvalue weighted by Crippen LogP contribution is 2.18. The second kappa shape index (κ2) is 7.40. The van der Waals surface area contributed by atoms with Crippen LogP contribution in [-0.4, -0.2) is 42.0 Å². The second-order valence-corrected chi connectivity index (χ2v) is 6.40. The van der Waals surface area contributed by atoms with E-state index in [2.05, 4.69) is 22.0 Å². The summed E-state index contributed by atoms with van der Waals surface area (Å²) >= 11 is 0. The molecule has 1 aliphatic rings. The van der Waals surface area contributed by atoms with E-state index in [0.29, 0.717) is 0 Å². The van der Waals surface area contributed by atoms with Crippen molar-refractivity contribution in [2.24, 2.45) is 0 Å².